The third-order valence-corrected chi connectivity index (χ3v) is 4.74. The lowest BCUT2D eigenvalue weighted by Gasteiger charge is -2.23. The first-order valence-electron chi connectivity index (χ1n) is 8.58. The SMILES string of the molecule is Cc1nccn1-c1cncc(N2CCCN(C(=O)C3CC3)CC2)n1. The Bertz CT molecular complexity index is 738. The number of amides is 1. The second kappa shape index (κ2) is 6.22. The van der Waals surface area contributed by atoms with Crippen LogP contribution < -0.4 is 4.90 Å². The zero-order valence-corrected chi connectivity index (χ0v) is 13.9. The second-order valence-electron chi connectivity index (χ2n) is 6.52. The van der Waals surface area contributed by atoms with Crippen LogP contribution in [0.2, 0.25) is 0 Å². The lowest BCUT2D eigenvalue weighted by molar-refractivity contribution is -0.132. The molecule has 2 fully saturated rings. The van der Waals surface area contributed by atoms with Gasteiger partial charge < -0.3 is 9.80 Å². The molecule has 7 nitrogen and oxygen atoms in total. The number of aromatic nitrogens is 4. The molecule has 7 heteroatoms. The molecule has 0 atom stereocenters. The third kappa shape index (κ3) is 2.98. The Kier molecular flexibility index (Phi) is 3.92. The van der Waals surface area contributed by atoms with Gasteiger partial charge in [0.05, 0.1) is 12.4 Å². The molecule has 1 aliphatic carbocycles. The maximum absolute atomic E-state index is 12.3. The highest BCUT2D eigenvalue weighted by Crippen LogP contribution is 2.31. The van der Waals surface area contributed by atoms with Crippen molar-refractivity contribution in [3.05, 3.63) is 30.6 Å². The molecular weight excluding hydrogens is 304 g/mol. The first kappa shape index (κ1) is 15.1. The Labute approximate surface area is 141 Å². The van der Waals surface area contributed by atoms with Crippen LogP contribution in [0, 0.1) is 12.8 Å². The van der Waals surface area contributed by atoms with Crippen LogP contribution in [-0.4, -0.2) is 56.5 Å². The maximum atomic E-state index is 12.3. The van der Waals surface area contributed by atoms with E-state index < -0.39 is 0 Å². The average Bonchev–Trinajstić information content (AvgIpc) is 3.39. The third-order valence-electron chi connectivity index (χ3n) is 4.74. The maximum Gasteiger partial charge on any atom is 0.225 e. The largest absolute Gasteiger partial charge is 0.353 e. The van der Waals surface area contributed by atoms with E-state index in [1.807, 2.05) is 22.6 Å². The summed E-state index contributed by atoms with van der Waals surface area (Å²) in [6.45, 7) is 5.27. The quantitative estimate of drug-likeness (QED) is 0.853. The van der Waals surface area contributed by atoms with Crippen molar-refractivity contribution in [3.8, 4) is 5.82 Å². The molecule has 0 unspecified atom stereocenters. The summed E-state index contributed by atoms with van der Waals surface area (Å²) in [5, 5.41) is 0. The van der Waals surface area contributed by atoms with Gasteiger partial charge in [0.15, 0.2) is 5.82 Å². The number of hydrogen-bond donors (Lipinski definition) is 0. The number of imidazole rings is 1. The van der Waals surface area contributed by atoms with Gasteiger partial charge in [-0.1, -0.05) is 0 Å². The van der Waals surface area contributed by atoms with Gasteiger partial charge in [0.25, 0.3) is 0 Å². The number of carbonyl (C=O) groups is 1. The van der Waals surface area contributed by atoms with E-state index in [-0.39, 0.29) is 0 Å². The highest BCUT2D eigenvalue weighted by atomic mass is 16.2. The van der Waals surface area contributed by atoms with Crippen molar-refractivity contribution in [2.24, 2.45) is 5.92 Å². The molecule has 0 N–H and O–H groups in total. The molecule has 1 saturated heterocycles. The zero-order chi connectivity index (χ0) is 16.5. The van der Waals surface area contributed by atoms with E-state index >= 15 is 0 Å². The Balaban J connectivity index is 1.49. The second-order valence-corrected chi connectivity index (χ2v) is 6.52. The molecule has 2 aliphatic rings. The lowest BCUT2D eigenvalue weighted by Crippen LogP contribution is -2.36. The first-order valence-corrected chi connectivity index (χ1v) is 8.58. The Morgan fingerprint density at radius 3 is 2.71 bits per heavy atom. The van der Waals surface area contributed by atoms with Crippen LogP contribution in [0.1, 0.15) is 25.1 Å². The summed E-state index contributed by atoms with van der Waals surface area (Å²) in [6, 6.07) is 0. The Morgan fingerprint density at radius 2 is 1.96 bits per heavy atom. The highest BCUT2D eigenvalue weighted by Gasteiger charge is 2.34. The molecule has 0 spiro atoms. The monoisotopic (exact) mass is 326 g/mol. The minimum atomic E-state index is 0.295. The molecule has 2 aromatic heterocycles. The molecule has 0 radical (unpaired) electrons. The van der Waals surface area contributed by atoms with Crippen LogP contribution in [0.25, 0.3) is 5.82 Å². The van der Waals surface area contributed by atoms with Crippen molar-refractivity contribution in [1.82, 2.24) is 24.4 Å². The molecular formula is C17H22N6O. The average molecular weight is 326 g/mol. The summed E-state index contributed by atoms with van der Waals surface area (Å²) in [7, 11) is 0. The number of hydrogen-bond acceptors (Lipinski definition) is 5. The fourth-order valence-electron chi connectivity index (χ4n) is 3.19. The molecule has 3 heterocycles. The molecule has 1 saturated carbocycles. The van der Waals surface area contributed by atoms with Crippen molar-refractivity contribution >= 4 is 11.7 Å². The molecule has 24 heavy (non-hydrogen) atoms. The number of nitrogens with zero attached hydrogens (tertiary/aromatic N) is 6. The lowest BCUT2D eigenvalue weighted by atomic mass is 10.3. The van der Waals surface area contributed by atoms with Gasteiger partial charge in [-0.3, -0.25) is 14.3 Å². The van der Waals surface area contributed by atoms with Crippen molar-refractivity contribution in [2.75, 3.05) is 31.1 Å². The highest BCUT2D eigenvalue weighted by molar-refractivity contribution is 5.81. The van der Waals surface area contributed by atoms with Gasteiger partial charge in [-0.15, -0.1) is 0 Å². The van der Waals surface area contributed by atoms with Crippen molar-refractivity contribution in [1.29, 1.82) is 0 Å². The number of anilines is 1. The number of carbonyl (C=O) groups excluding carboxylic acids is 1. The Morgan fingerprint density at radius 1 is 1.12 bits per heavy atom. The summed E-state index contributed by atoms with van der Waals surface area (Å²) in [4.78, 5) is 29.8. The van der Waals surface area contributed by atoms with Crippen molar-refractivity contribution in [3.63, 3.8) is 0 Å². The molecule has 1 aliphatic heterocycles. The molecule has 2 aromatic rings. The van der Waals surface area contributed by atoms with Crippen molar-refractivity contribution in [2.45, 2.75) is 26.2 Å². The molecule has 1 amide bonds. The topological polar surface area (TPSA) is 67.2 Å². The Hall–Kier alpha value is -2.44. The normalized spacial score (nSPS) is 18.5. The van der Waals surface area contributed by atoms with Crippen LogP contribution in [0.3, 0.4) is 0 Å². The van der Waals surface area contributed by atoms with E-state index in [9.17, 15) is 4.79 Å². The fourth-order valence-corrected chi connectivity index (χ4v) is 3.19. The predicted octanol–water partition coefficient (Wildman–Crippen LogP) is 1.42. The zero-order valence-electron chi connectivity index (χ0n) is 13.9. The smallest absolute Gasteiger partial charge is 0.225 e. The van der Waals surface area contributed by atoms with Gasteiger partial charge in [-0.2, -0.15) is 0 Å². The fraction of sp³-hybridized carbons (Fsp3) is 0.529. The van der Waals surface area contributed by atoms with Crippen LogP contribution in [0.4, 0.5) is 5.82 Å². The number of aryl methyl sites for hydroxylation is 1. The van der Waals surface area contributed by atoms with E-state index in [2.05, 4.69) is 14.9 Å². The minimum absolute atomic E-state index is 0.295. The minimum Gasteiger partial charge on any atom is -0.353 e. The summed E-state index contributed by atoms with van der Waals surface area (Å²) in [6.07, 6.45) is 10.3. The van der Waals surface area contributed by atoms with E-state index in [1.165, 1.54) is 0 Å². The number of rotatable bonds is 3. The standard InChI is InChI=1S/C17H22N6O/c1-13-19-5-8-23(13)16-12-18-11-15(20-16)21-6-2-7-22(10-9-21)17(24)14-3-4-14/h5,8,11-12,14H,2-4,6-7,9-10H2,1H3. The van der Waals surface area contributed by atoms with Crippen LogP contribution >= 0.6 is 0 Å². The molecule has 126 valence electrons. The van der Waals surface area contributed by atoms with Crippen molar-refractivity contribution < 1.29 is 4.79 Å². The van der Waals surface area contributed by atoms with Gasteiger partial charge in [0, 0.05) is 44.5 Å². The van der Waals surface area contributed by atoms with E-state index in [1.54, 1.807) is 18.6 Å². The van der Waals surface area contributed by atoms with Gasteiger partial charge >= 0.3 is 0 Å². The predicted molar refractivity (Wildman–Crippen MR) is 90.0 cm³/mol. The molecule has 0 bridgehead atoms. The van der Waals surface area contributed by atoms with Gasteiger partial charge in [-0.25, -0.2) is 9.97 Å². The van der Waals surface area contributed by atoms with Gasteiger partial charge in [0.1, 0.15) is 11.6 Å². The van der Waals surface area contributed by atoms with E-state index in [0.717, 1.165) is 62.9 Å². The summed E-state index contributed by atoms with van der Waals surface area (Å²) in [5.41, 5.74) is 0. The summed E-state index contributed by atoms with van der Waals surface area (Å²) < 4.78 is 1.93. The summed E-state index contributed by atoms with van der Waals surface area (Å²) in [5.74, 6) is 3.16. The van der Waals surface area contributed by atoms with E-state index in [0.29, 0.717) is 11.8 Å². The molecule has 0 aromatic carbocycles. The van der Waals surface area contributed by atoms with Crippen LogP contribution in [0.15, 0.2) is 24.8 Å². The van der Waals surface area contributed by atoms with Gasteiger partial charge in [-0.05, 0) is 26.2 Å². The summed E-state index contributed by atoms with van der Waals surface area (Å²) >= 11 is 0. The first-order chi connectivity index (χ1) is 11.7. The van der Waals surface area contributed by atoms with Gasteiger partial charge in [0.2, 0.25) is 5.91 Å². The van der Waals surface area contributed by atoms with E-state index in [4.69, 9.17) is 4.98 Å². The van der Waals surface area contributed by atoms with Crippen LogP contribution in [-0.2, 0) is 4.79 Å². The van der Waals surface area contributed by atoms with Crippen LogP contribution in [0.5, 0.6) is 0 Å². The molecule has 4 rings (SSSR count).